The van der Waals surface area contributed by atoms with Gasteiger partial charge in [0.05, 0.1) is 5.56 Å². The van der Waals surface area contributed by atoms with E-state index in [4.69, 9.17) is 0 Å². The fourth-order valence-electron chi connectivity index (χ4n) is 1.06. The van der Waals surface area contributed by atoms with Gasteiger partial charge in [-0.1, -0.05) is 0 Å². The number of rotatable bonds is 1. The SMILES string of the molecule is O=C(c1cncc(Br)c1)n1ccnc1. The first-order chi connectivity index (χ1) is 6.77. The molecule has 5 heteroatoms. The van der Waals surface area contributed by atoms with E-state index in [9.17, 15) is 4.79 Å². The second-order valence-electron chi connectivity index (χ2n) is 2.67. The molecule has 2 heterocycles. The third-order valence-corrected chi connectivity index (χ3v) is 2.12. The van der Waals surface area contributed by atoms with Gasteiger partial charge in [-0.15, -0.1) is 0 Å². The Hall–Kier alpha value is -1.49. The van der Waals surface area contributed by atoms with Crippen LogP contribution in [-0.4, -0.2) is 20.4 Å². The Balaban J connectivity index is 2.37. The van der Waals surface area contributed by atoms with E-state index < -0.39 is 0 Å². The summed E-state index contributed by atoms with van der Waals surface area (Å²) in [4.78, 5) is 19.4. The summed E-state index contributed by atoms with van der Waals surface area (Å²) in [7, 11) is 0. The van der Waals surface area contributed by atoms with Crippen molar-refractivity contribution in [1.29, 1.82) is 0 Å². The molecule has 0 aliphatic rings. The van der Waals surface area contributed by atoms with Gasteiger partial charge in [-0.05, 0) is 22.0 Å². The fourth-order valence-corrected chi connectivity index (χ4v) is 1.42. The molecule has 0 radical (unpaired) electrons. The summed E-state index contributed by atoms with van der Waals surface area (Å²) in [5, 5.41) is 0. The number of halogens is 1. The maximum atomic E-state index is 11.7. The molecule has 70 valence electrons. The van der Waals surface area contributed by atoms with Gasteiger partial charge in [0.2, 0.25) is 0 Å². The van der Waals surface area contributed by atoms with E-state index in [0.717, 1.165) is 4.47 Å². The molecule has 0 saturated carbocycles. The first-order valence-corrected chi connectivity index (χ1v) is 4.70. The molecule has 2 aromatic rings. The average molecular weight is 252 g/mol. The van der Waals surface area contributed by atoms with E-state index in [-0.39, 0.29) is 5.91 Å². The molecule has 0 aliphatic carbocycles. The molecule has 2 rings (SSSR count). The van der Waals surface area contributed by atoms with Crippen LogP contribution < -0.4 is 0 Å². The third-order valence-electron chi connectivity index (χ3n) is 1.69. The molecule has 0 unspecified atom stereocenters. The van der Waals surface area contributed by atoms with Crippen molar-refractivity contribution in [3.05, 3.63) is 47.2 Å². The highest BCUT2D eigenvalue weighted by Crippen LogP contribution is 2.10. The van der Waals surface area contributed by atoms with E-state index in [1.54, 1.807) is 24.7 Å². The van der Waals surface area contributed by atoms with Gasteiger partial charge >= 0.3 is 0 Å². The molecule has 0 amide bonds. The normalized spacial score (nSPS) is 10.1. The number of hydrogen-bond donors (Lipinski definition) is 0. The molecule has 14 heavy (non-hydrogen) atoms. The minimum absolute atomic E-state index is 0.142. The summed E-state index contributed by atoms with van der Waals surface area (Å²) in [5.41, 5.74) is 0.525. The van der Waals surface area contributed by atoms with Crippen molar-refractivity contribution in [1.82, 2.24) is 14.5 Å². The van der Waals surface area contributed by atoms with Gasteiger partial charge in [-0.2, -0.15) is 0 Å². The van der Waals surface area contributed by atoms with E-state index in [1.165, 1.54) is 17.1 Å². The first kappa shape index (κ1) is 9.08. The van der Waals surface area contributed by atoms with Crippen LogP contribution >= 0.6 is 15.9 Å². The zero-order valence-electron chi connectivity index (χ0n) is 7.09. The summed E-state index contributed by atoms with van der Waals surface area (Å²) in [6, 6.07) is 1.72. The lowest BCUT2D eigenvalue weighted by Gasteiger charge is -2.00. The van der Waals surface area contributed by atoms with Crippen molar-refractivity contribution >= 4 is 21.8 Å². The number of carbonyl (C=O) groups excluding carboxylic acids is 1. The van der Waals surface area contributed by atoms with Gasteiger partial charge in [0.15, 0.2) is 0 Å². The Bertz CT molecular complexity index is 453. The van der Waals surface area contributed by atoms with E-state index in [2.05, 4.69) is 25.9 Å². The van der Waals surface area contributed by atoms with Crippen molar-refractivity contribution in [3.63, 3.8) is 0 Å². The first-order valence-electron chi connectivity index (χ1n) is 3.90. The maximum Gasteiger partial charge on any atom is 0.264 e. The number of carbonyl (C=O) groups is 1. The molecular formula is C9H6BrN3O. The topological polar surface area (TPSA) is 47.8 Å². The van der Waals surface area contributed by atoms with Crippen LogP contribution in [0.3, 0.4) is 0 Å². The summed E-state index contributed by atoms with van der Waals surface area (Å²) in [6.07, 6.45) is 7.77. The van der Waals surface area contributed by atoms with Crippen LogP contribution in [0.5, 0.6) is 0 Å². The van der Waals surface area contributed by atoms with Gasteiger partial charge in [-0.3, -0.25) is 14.3 Å². The van der Waals surface area contributed by atoms with Gasteiger partial charge in [-0.25, -0.2) is 4.98 Å². The maximum absolute atomic E-state index is 11.7. The van der Waals surface area contributed by atoms with Crippen LogP contribution in [-0.2, 0) is 0 Å². The Labute approximate surface area is 88.7 Å². The van der Waals surface area contributed by atoms with Gasteiger partial charge in [0.1, 0.15) is 6.33 Å². The quantitative estimate of drug-likeness (QED) is 0.776. The summed E-state index contributed by atoms with van der Waals surface area (Å²) in [6.45, 7) is 0. The molecule has 0 aliphatic heterocycles. The van der Waals surface area contributed by atoms with Crippen molar-refractivity contribution in [2.45, 2.75) is 0 Å². The highest BCUT2D eigenvalue weighted by molar-refractivity contribution is 9.10. The summed E-state index contributed by atoms with van der Waals surface area (Å²) in [5.74, 6) is -0.142. The molecule has 0 N–H and O–H groups in total. The Morgan fingerprint density at radius 1 is 1.36 bits per heavy atom. The lowest BCUT2D eigenvalue weighted by atomic mass is 10.3. The van der Waals surface area contributed by atoms with Crippen molar-refractivity contribution in [2.75, 3.05) is 0 Å². The van der Waals surface area contributed by atoms with Gasteiger partial charge < -0.3 is 0 Å². The van der Waals surface area contributed by atoms with E-state index >= 15 is 0 Å². The number of nitrogens with zero attached hydrogens (tertiary/aromatic N) is 3. The molecular weight excluding hydrogens is 246 g/mol. The highest BCUT2D eigenvalue weighted by Gasteiger charge is 2.07. The molecule has 0 spiro atoms. The lowest BCUT2D eigenvalue weighted by molar-refractivity contribution is 0.0959. The Morgan fingerprint density at radius 3 is 2.86 bits per heavy atom. The van der Waals surface area contributed by atoms with Gasteiger partial charge in [0.25, 0.3) is 5.91 Å². The molecule has 0 aromatic carbocycles. The molecule has 0 bridgehead atoms. The lowest BCUT2D eigenvalue weighted by Crippen LogP contribution is -2.09. The van der Waals surface area contributed by atoms with Crippen molar-refractivity contribution < 1.29 is 4.79 Å². The third kappa shape index (κ3) is 1.72. The van der Waals surface area contributed by atoms with Crippen LogP contribution in [0.2, 0.25) is 0 Å². The minimum Gasteiger partial charge on any atom is -0.272 e. The zero-order valence-corrected chi connectivity index (χ0v) is 8.68. The van der Waals surface area contributed by atoms with Crippen LogP contribution in [0.15, 0.2) is 41.7 Å². The van der Waals surface area contributed by atoms with E-state index in [1.807, 2.05) is 0 Å². The Morgan fingerprint density at radius 2 is 2.21 bits per heavy atom. The zero-order chi connectivity index (χ0) is 9.97. The summed E-state index contributed by atoms with van der Waals surface area (Å²) < 4.78 is 2.19. The molecule has 0 saturated heterocycles. The number of hydrogen-bond acceptors (Lipinski definition) is 3. The summed E-state index contributed by atoms with van der Waals surface area (Å²) >= 11 is 3.25. The number of aromatic nitrogens is 3. The van der Waals surface area contributed by atoms with Gasteiger partial charge in [0, 0.05) is 29.3 Å². The molecule has 2 aromatic heterocycles. The minimum atomic E-state index is -0.142. The standard InChI is InChI=1S/C9H6BrN3O/c10-8-3-7(4-12-5-8)9(14)13-2-1-11-6-13/h1-6H. The second-order valence-corrected chi connectivity index (χ2v) is 3.58. The van der Waals surface area contributed by atoms with Crippen molar-refractivity contribution in [3.8, 4) is 0 Å². The van der Waals surface area contributed by atoms with Crippen LogP contribution in [0.4, 0.5) is 0 Å². The number of imidazole rings is 1. The van der Waals surface area contributed by atoms with Crippen LogP contribution in [0.1, 0.15) is 10.4 Å². The fraction of sp³-hybridized carbons (Fsp3) is 0. The highest BCUT2D eigenvalue weighted by atomic mass is 79.9. The smallest absolute Gasteiger partial charge is 0.264 e. The predicted molar refractivity (Wildman–Crippen MR) is 53.9 cm³/mol. The van der Waals surface area contributed by atoms with Crippen molar-refractivity contribution in [2.24, 2.45) is 0 Å². The molecule has 0 fully saturated rings. The number of pyridine rings is 1. The van der Waals surface area contributed by atoms with E-state index in [0.29, 0.717) is 5.56 Å². The second kappa shape index (κ2) is 3.71. The predicted octanol–water partition coefficient (Wildman–Crippen LogP) is 1.73. The average Bonchev–Trinajstić information content (AvgIpc) is 2.69. The molecule has 4 nitrogen and oxygen atoms in total. The van der Waals surface area contributed by atoms with Crippen LogP contribution in [0.25, 0.3) is 0 Å². The largest absolute Gasteiger partial charge is 0.272 e. The van der Waals surface area contributed by atoms with Crippen LogP contribution in [0, 0.1) is 0 Å². The Kier molecular flexibility index (Phi) is 2.41. The monoisotopic (exact) mass is 251 g/mol. The molecule has 0 atom stereocenters.